The number of thiophene rings is 1. The smallest absolute Gasteiger partial charge is 0.294 e. The Morgan fingerprint density at radius 1 is 0.972 bits per heavy atom. The second kappa shape index (κ2) is 8.65. The average Bonchev–Trinajstić information content (AvgIpc) is 3.55. The van der Waals surface area contributed by atoms with E-state index in [2.05, 4.69) is 0 Å². The topological polar surface area (TPSA) is 47.0 Å². The van der Waals surface area contributed by atoms with Crippen molar-refractivity contribution in [3.63, 3.8) is 0 Å². The first-order chi connectivity index (χ1) is 17.3. The molecule has 0 aliphatic heterocycles. The molecule has 2 heterocycles. The molecule has 0 bridgehead atoms. The van der Waals surface area contributed by atoms with Crippen LogP contribution >= 0.6 is 11.3 Å². The highest BCUT2D eigenvalue weighted by Crippen LogP contribution is 2.52. The summed E-state index contributed by atoms with van der Waals surface area (Å²) in [6, 6.07) is 8.20. The Morgan fingerprint density at radius 2 is 1.69 bits per heavy atom. The van der Waals surface area contributed by atoms with Crippen molar-refractivity contribution in [1.29, 1.82) is 0 Å². The highest BCUT2D eigenvalue weighted by atomic mass is 32.1. The van der Waals surface area contributed by atoms with Crippen LogP contribution in [0.25, 0.3) is 10.4 Å². The van der Waals surface area contributed by atoms with Crippen molar-refractivity contribution in [2.75, 3.05) is 0 Å². The van der Waals surface area contributed by atoms with Crippen LogP contribution in [0.4, 0.5) is 13.2 Å². The molecule has 7 heteroatoms. The van der Waals surface area contributed by atoms with Gasteiger partial charge >= 0.3 is 6.18 Å². The van der Waals surface area contributed by atoms with Gasteiger partial charge in [-0.15, -0.1) is 11.3 Å². The zero-order chi connectivity index (χ0) is 25.1. The molecule has 3 aromatic rings. The minimum Gasteiger partial charge on any atom is -0.294 e. The lowest BCUT2D eigenvalue weighted by atomic mass is 9.59. The highest BCUT2D eigenvalue weighted by Gasteiger charge is 2.46. The first-order valence-electron chi connectivity index (χ1n) is 12.6. The number of ketones is 2. The SMILES string of the molecule is O=C1CC2(CCC2)Cc2nc(C3CCCC3)c(C(=O)c3ccc(C(F)(F)F)cc3)c(-c3cccs3)c21. The number of benzene rings is 1. The van der Waals surface area contributed by atoms with Crippen LogP contribution in [0.2, 0.25) is 0 Å². The molecular formula is C29H26F3NO2S. The number of fused-ring (bicyclic) bond motifs is 1. The lowest BCUT2D eigenvalue weighted by Crippen LogP contribution is -2.39. The monoisotopic (exact) mass is 509 g/mol. The molecule has 1 spiro atoms. The van der Waals surface area contributed by atoms with E-state index < -0.39 is 11.7 Å². The van der Waals surface area contributed by atoms with Crippen LogP contribution in [0.5, 0.6) is 0 Å². The Morgan fingerprint density at radius 3 is 2.28 bits per heavy atom. The van der Waals surface area contributed by atoms with Crippen molar-refractivity contribution in [2.45, 2.75) is 69.9 Å². The number of alkyl halides is 3. The maximum Gasteiger partial charge on any atom is 0.416 e. The third kappa shape index (κ3) is 3.92. The zero-order valence-electron chi connectivity index (χ0n) is 19.8. The maximum atomic E-state index is 14.1. The molecule has 0 unspecified atom stereocenters. The molecule has 6 rings (SSSR count). The number of nitrogens with zero attached hydrogens (tertiary/aromatic N) is 1. The summed E-state index contributed by atoms with van der Waals surface area (Å²) in [5, 5.41) is 1.92. The van der Waals surface area contributed by atoms with Crippen LogP contribution in [0, 0.1) is 5.41 Å². The standard InChI is InChI=1S/C29H26F3NO2S/c30-29(31,32)19-10-8-18(9-11-19)27(35)25-24(22-7-3-14-36-22)23-20(33-26(25)17-5-1-2-6-17)15-28(12-4-13-28)16-21(23)34/h3,7-11,14,17H,1-2,4-6,12-13,15-16H2. The van der Waals surface area contributed by atoms with E-state index >= 15 is 0 Å². The van der Waals surface area contributed by atoms with Gasteiger partial charge in [0.15, 0.2) is 11.6 Å². The molecule has 3 aliphatic rings. The first kappa shape index (κ1) is 23.6. The lowest BCUT2D eigenvalue weighted by Gasteiger charge is -2.45. The Bertz CT molecular complexity index is 1330. The van der Waals surface area contributed by atoms with Crippen molar-refractivity contribution < 1.29 is 22.8 Å². The van der Waals surface area contributed by atoms with E-state index in [9.17, 15) is 22.8 Å². The van der Waals surface area contributed by atoms with Gasteiger partial charge in [-0.3, -0.25) is 14.6 Å². The Balaban J connectivity index is 1.57. The Labute approximate surface area is 211 Å². The van der Waals surface area contributed by atoms with Crippen LogP contribution < -0.4 is 0 Å². The van der Waals surface area contributed by atoms with E-state index in [4.69, 9.17) is 4.98 Å². The van der Waals surface area contributed by atoms with Crippen molar-refractivity contribution in [2.24, 2.45) is 5.41 Å². The minimum atomic E-state index is -4.48. The third-order valence-electron chi connectivity index (χ3n) is 8.28. The molecule has 0 atom stereocenters. The van der Waals surface area contributed by atoms with Crippen LogP contribution in [-0.4, -0.2) is 16.6 Å². The third-order valence-corrected chi connectivity index (χ3v) is 9.17. The maximum absolute atomic E-state index is 14.1. The van der Waals surface area contributed by atoms with Gasteiger partial charge in [0.05, 0.1) is 22.5 Å². The summed E-state index contributed by atoms with van der Waals surface area (Å²) in [7, 11) is 0. The minimum absolute atomic E-state index is 0.00427. The number of hydrogen-bond donors (Lipinski definition) is 0. The Kier molecular flexibility index (Phi) is 5.67. The van der Waals surface area contributed by atoms with Gasteiger partial charge in [-0.05, 0) is 61.1 Å². The molecule has 2 aromatic heterocycles. The molecule has 0 radical (unpaired) electrons. The number of Topliss-reactive ketones (excluding diaryl/α,β-unsaturated/α-hetero) is 1. The summed E-state index contributed by atoms with van der Waals surface area (Å²) in [6.07, 6.45) is 3.86. The van der Waals surface area contributed by atoms with Crippen LogP contribution in [0.3, 0.4) is 0 Å². The summed E-state index contributed by atoms with van der Waals surface area (Å²) in [5.74, 6) is -0.218. The molecule has 3 nitrogen and oxygen atoms in total. The number of hydrogen-bond acceptors (Lipinski definition) is 4. The summed E-state index contributed by atoms with van der Waals surface area (Å²) < 4.78 is 39.5. The van der Waals surface area contributed by atoms with Crippen LogP contribution in [0.1, 0.15) is 101 Å². The zero-order valence-corrected chi connectivity index (χ0v) is 20.6. The second-order valence-corrected chi connectivity index (χ2v) is 11.5. The fourth-order valence-electron chi connectivity index (χ4n) is 6.31. The molecule has 1 aromatic carbocycles. The number of carbonyl (C=O) groups is 2. The molecular weight excluding hydrogens is 483 g/mol. The van der Waals surface area contributed by atoms with Gasteiger partial charge in [-0.1, -0.05) is 37.5 Å². The average molecular weight is 510 g/mol. The molecule has 0 saturated heterocycles. The van der Waals surface area contributed by atoms with Crippen LogP contribution in [0.15, 0.2) is 41.8 Å². The molecule has 0 N–H and O–H groups in total. The number of carbonyl (C=O) groups excluding carboxylic acids is 2. The number of aromatic nitrogens is 1. The number of pyridine rings is 1. The second-order valence-electron chi connectivity index (χ2n) is 10.6. The fraction of sp³-hybridized carbons (Fsp3) is 0.414. The first-order valence-corrected chi connectivity index (χ1v) is 13.5. The molecule has 2 saturated carbocycles. The van der Waals surface area contributed by atoms with Crippen LogP contribution in [-0.2, 0) is 12.6 Å². The van der Waals surface area contributed by atoms with Crippen molar-refractivity contribution >= 4 is 22.9 Å². The van der Waals surface area contributed by atoms with Gasteiger partial charge in [0.25, 0.3) is 0 Å². The van der Waals surface area contributed by atoms with E-state index in [-0.39, 0.29) is 28.5 Å². The molecule has 3 aliphatic carbocycles. The van der Waals surface area contributed by atoms with Gasteiger partial charge in [0.2, 0.25) is 0 Å². The van der Waals surface area contributed by atoms with E-state index in [1.807, 2.05) is 17.5 Å². The molecule has 36 heavy (non-hydrogen) atoms. The van der Waals surface area contributed by atoms with Gasteiger partial charge in [-0.25, -0.2) is 0 Å². The molecule has 0 amide bonds. The summed E-state index contributed by atoms with van der Waals surface area (Å²) in [4.78, 5) is 33.6. The normalized spacial score (nSPS) is 19.4. The summed E-state index contributed by atoms with van der Waals surface area (Å²) in [5.41, 5.74) is 2.51. The van der Waals surface area contributed by atoms with Crippen molar-refractivity contribution in [3.8, 4) is 10.4 Å². The quantitative estimate of drug-likeness (QED) is 0.335. The van der Waals surface area contributed by atoms with E-state index in [1.165, 1.54) is 23.5 Å². The molecule has 186 valence electrons. The fourth-order valence-corrected chi connectivity index (χ4v) is 7.09. The largest absolute Gasteiger partial charge is 0.416 e. The van der Waals surface area contributed by atoms with E-state index in [0.717, 1.165) is 79.8 Å². The molecule has 2 fully saturated rings. The van der Waals surface area contributed by atoms with E-state index in [1.54, 1.807) is 0 Å². The van der Waals surface area contributed by atoms with Crippen molar-refractivity contribution in [3.05, 3.63) is 75.4 Å². The van der Waals surface area contributed by atoms with Crippen molar-refractivity contribution in [1.82, 2.24) is 4.98 Å². The lowest BCUT2D eigenvalue weighted by molar-refractivity contribution is -0.137. The van der Waals surface area contributed by atoms with Gasteiger partial charge in [-0.2, -0.15) is 13.2 Å². The number of halogens is 3. The van der Waals surface area contributed by atoms with Gasteiger partial charge in [0.1, 0.15) is 0 Å². The summed E-state index contributed by atoms with van der Waals surface area (Å²) >= 11 is 1.47. The van der Waals surface area contributed by atoms with Gasteiger partial charge < -0.3 is 0 Å². The predicted molar refractivity (Wildman–Crippen MR) is 133 cm³/mol. The highest BCUT2D eigenvalue weighted by molar-refractivity contribution is 7.13. The van der Waals surface area contributed by atoms with E-state index in [0.29, 0.717) is 23.1 Å². The Hall–Kier alpha value is -2.80. The predicted octanol–water partition coefficient (Wildman–Crippen LogP) is 8.02. The summed E-state index contributed by atoms with van der Waals surface area (Å²) in [6.45, 7) is 0. The van der Waals surface area contributed by atoms with Gasteiger partial charge in [0, 0.05) is 33.9 Å². The number of rotatable bonds is 4.